The highest BCUT2D eigenvalue weighted by Gasteiger charge is 2.02. The molecule has 0 saturated carbocycles. The summed E-state index contributed by atoms with van der Waals surface area (Å²) in [5.41, 5.74) is 1.31. The van der Waals surface area contributed by atoms with Gasteiger partial charge in [0.2, 0.25) is 0 Å². The van der Waals surface area contributed by atoms with Gasteiger partial charge in [0.1, 0.15) is 0 Å². The second-order valence-electron chi connectivity index (χ2n) is 3.94. The minimum atomic E-state index is 0.670. The summed E-state index contributed by atoms with van der Waals surface area (Å²) in [6.07, 6.45) is 2.76. The molecule has 0 radical (unpaired) electrons. The van der Waals surface area contributed by atoms with Gasteiger partial charge in [0.15, 0.2) is 0 Å². The first-order valence-corrected chi connectivity index (χ1v) is 6.32. The Labute approximate surface area is 106 Å². The van der Waals surface area contributed by atoms with E-state index in [4.69, 9.17) is 5.26 Å². The van der Waals surface area contributed by atoms with Crippen LogP contribution in [-0.4, -0.2) is 18.5 Å². The summed E-state index contributed by atoms with van der Waals surface area (Å²) >= 11 is 3.55. The first-order chi connectivity index (χ1) is 7.74. The van der Waals surface area contributed by atoms with Gasteiger partial charge in [-0.3, -0.25) is 0 Å². The number of unbranched alkanes of at least 4 members (excludes halogenated alkanes) is 2. The molecule has 0 aliphatic heterocycles. The van der Waals surface area contributed by atoms with Crippen molar-refractivity contribution in [3.05, 3.63) is 34.3 Å². The molecule has 0 aliphatic rings. The van der Waals surface area contributed by atoms with Crippen LogP contribution in [-0.2, 0) is 6.54 Å². The van der Waals surface area contributed by atoms with Crippen LogP contribution in [0.5, 0.6) is 0 Å². The van der Waals surface area contributed by atoms with Crippen LogP contribution in [0.2, 0.25) is 0 Å². The third kappa shape index (κ3) is 4.78. The molecule has 0 amide bonds. The lowest BCUT2D eigenvalue weighted by Crippen LogP contribution is -2.19. The standard InChI is InChI=1S/C13H17BrN2/c1-16(10-6-2-5-9-15)11-12-7-3-4-8-13(12)14/h3-4,7-8H,2,5-6,10-11H2,1H3. The van der Waals surface area contributed by atoms with E-state index < -0.39 is 0 Å². The third-order valence-electron chi connectivity index (χ3n) is 2.48. The number of rotatable bonds is 6. The Morgan fingerprint density at radius 1 is 1.31 bits per heavy atom. The lowest BCUT2D eigenvalue weighted by Gasteiger charge is -2.17. The Morgan fingerprint density at radius 3 is 2.75 bits per heavy atom. The maximum absolute atomic E-state index is 8.43. The van der Waals surface area contributed by atoms with E-state index in [-0.39, 0.29) is 0 Å². The van der Waals surface area contributed by atoms with Crippen LogP contribution in [0.15, 0.2) is 28.7 Å². The van der Waals surface area contributed by atoms with Gasteiger partial charge in [-0.15, -0.1) is 0 Å². The van der Waals surface area contributed by atoms with Gasteiger partial charge in [-0.05, 0) is 38.1 Å². The van der Waals surface area contributed by atoms with E-state index in [1.54, 1.807) is 0 Å². The number of nitrogens with zero attached hydrogens (tertiary/aromatic N) is 2. The quantitative estimate of drug-likeness (QED) is 0.745. The van der Waals surface area contributed by atoms with E-state index in [0.29, 0.717) is 6.42 Å². The molecule has 0 fully saturated rings. The fraction of sp³-hybridized carbons (Fsp3) is 0.462. The highest BCUT2D eigenvalue weighted by molar-refractivity contribution is 9.10. The lowest BCUT2D eigenvalue weighted by atomic mass is 10.2. The summed E-state index contributed by atoms with van der Waals surface area (Å²) in [5.74, 6) is 0. The van der Waals surface area contributed by atoms with Crippen molar-refractivity contribution >= 4 is 15.9 Å². The van der Waals surface area contributed by atoms with Crippen LogP contribution in [0, 0.1) is 11.3 Å². The summed E-state index contributed by atoms with van der Waals surface area (Å²) in [5, 5.41) is 8.43. The molecule has 0 bridgehead atoms. The van der Waals surface area contributed by atoms with Crippen LogP contribution in [0.25, 0.3) is 0 Å². The van der Waals surface area contributed by atoms with E-state index in [1.165, 1.54) is 10.0 Å². The fourth-order valence-electron chi connectivity index (χ4n) is 1.58. The predicted molar refractivity (Wildman–Crippen MR) is 69.9 cm³/mol. The summed E-state index contributed by atoms with van der Waals surface area (Å²) in [6.45, 7) is 2.00. The molecule has 0 aliphatic carbocycles. The number of nitriles is 1. The van der Waals surface area contributed by atoms with Crippen molar-refractivity contribution in [3.63, 3.8) is 0 Å². The van der Waals surface area contributed by atoms with Crippen molar-refractivity contribution in [1.29, 1.82) is 5.26 Å². The van der Waals surface area contributed by atoms with E-state index in [0.717, 1.165) is 25.9 Å². The second-order valence-corrected chi connectivity index (χ2v) is 4.80. The summed E-state index contributed by atoms with van der Waals surface area (Å²) < 4.78 is 1.17. The summed E-state index contributed by atoms with van der Waals surface area (Å²) in [4.78, 5) is 2.29. The third-order valence-corrected chi connectivity index (χ3v) is 3.25. The molecule has 1 aromatic carbocycles. The molecule has 86 valence electrons. The van der Waals surface area contributed by atoms with Crippen LogP contribution < -0.4 is 0 Å². The molecule has 16 heavy (non-hydrogen) atoms. The largest absolute Gasteiger partial charge is 0.302 e. The van der Waals surface area contributed by atoms with Crippen LogP contribution >= 0.6 is 15.9 Å². The maximum Gasteiger partial charge on any atom is 0.0621 e. The highest BCUT2D eigenvalue weighted by atomic mass is 79.9. The summed E-state index contributed by atoms with van der Waals surface area (Å²) in [7, 11) is 2.12. The van der Waals surface area contributed by atoms with Gasteiger partial charge in [0.25, 0.3) is 0 Å². The maximum atomic E-state index is 8.43. The van der Waals surface area contributed by atoms with Gasteiger partial charge in [-0.2, -0.15) is 5.26 Å². The SMILES string of the molecule is CN(CCCCC#N)Cc1ccccc1Br. The Hall–Kier alpha value is -0.850. The van der Waals surface area contributed by atoms with E-state index in [9.17, 15) is 0 Å². The fourth-order valence-corrected chi connectivity index (χ4v) is 1.99. The second kappa shape index (κ2) is 7.43. The molecule has 3 heteroatoms. The first-order valence-electron chi connectivity index (χ1n) is 5.53. The molecule has 1 aromatic rings. The van der Waals surface area contributed by atoms with Crippen LogP contribution in [0.1, 0.15) is 24.8 Å². The molecule has 0 spiro atoms. The van der Waals surface area contributed by atoms with Gasteiger partial charge >= 0.3 is 0 Å². The average Bonchev–Trinajstić information content (AvgIpc) is 2.28. The van der Waals surface area contributed by atoms with E-state index in [1.807, 2.05) is 6.07 Å². The van der Waals surface area contributed by atoms with E-state index in [2.05, 4.69) is 52.1 Å². The number of halogens is 1. The molecule has 2 nitrogen and oxygen atoms in total. The van der Waals surface area contributed by atoms with E-state index >= 15 is 0 Å². The average molecular weight is 281 g/mol. The molecular formula is C13H17BrN2. The molecule has 1 rings (SSSR count). The van der Waals surface area contributed by atoms with Crippen LogP contribution in [0.4, 0.5) is 0 Å². The molecule has 0 heterocycles. The number of hydrogen-bond donors (Lipinski definition) is 0. The molecule has 0 saturated heterocycles. The smallest absolute Gasteiger partial charge is 0.0621 e. The zero-order valence-corrected chi connectivity index (χ0v) is 11.2. The van der Waals surface area contributed by atoms with Crippen molar-refractivity contribution in [2.24, 2.45) is 0 Å². The predicted octanol–water partition coefficient (Wildman–Crippen LogP) is 3.57. The lowest BCUT2D eigenvalue weighted by molar-refractivity contribution is 0.319. The minimum absolute atomic E-state index is 0.670. The Balaban J connectivity index is 2.32. The van der Waals surface area contributed by atoms with Gasteiger partial charge in [0.05, 0.1) is 6.07 Å². The van der Waals surface area contributed by atoms with Crippen molar-refractivity contribution in [3.8, 4) is 6.07 Å². The zero-order chi connectivity index (χ0) is 11.8. The van der Waals surface area contributed by atoms with Crippen molar-refractivity contribution < 1.29 is 0 Å². The van der Waals surface area contributed by atoms with Gasteiger partial charge in [-0.1, -0.05) is 34.1 Å². The van der Waals surface area contributed by atoms with Crippen molar-refractivity contribution in [2.45, 2.75) is 25.8 Å². The van der Waals surface area contributed by atoms with Crippen molar-refractivity contribution in [1.82, 2.24) is 4.90 Å². The Kier molecular flexibility index (Phi) is 6.14. The number of hydrogen-bond acceptors (Lipinski definition) is 2. The Morgan fingerprint density at radius 2 is 2.06 bits per heavy atom. The van der Waals surface area contributed by atoms with Gasteiger partial charge < -0.3 is 4.90 Å². The topological polar surface area (TPSA) is 27.0 Å². The zero-order valence-electron chi connectivity index (χ0n) is 9.62. The van der Waals surface area contributed by atoms with Crippen molar-refractivity contribution in [2.75, 3.05) is 13.6 Å². The summed E-state index contributed by atoms with van der Waals surface area (Å²) in [6, 6.07) is 10.5. The molecule has 0 atom stereocenters. The van der Waals surface area contributed by atoms with Gasteiger partial charge in [-0.25, -0.2) is 0 Å². The molecular weight excluding hydrogens is 264 g/mol. The highest BCUT2D eigenvalue weighted by Crippen LogP contribution is 2.17. The Bertz CT molecular complexity index is 357. The molecule has 0 aromatic heterocycles. The van der Waals surface area contributed by atoms with Gasteiger partial charge in [0, 0.05) is 17.4 Å². The molecule has 0 unspecified atom stereocenters. The first kappa shape index (κ1) is 13.2. The minimum Gasteiger partial charge on any atom is -0.302 e. The monoisotopic (exact) mass is 280 g/mol. The molecule has 0 N–H and O–H groups in total. The van der Waals surface area contributed by atoms with Crippen LogP contribution in [0.3, 0.4) is 0 Å². The normalized spacial score (nSPS) is 10.4. The number of benzene rings is 1.